The smallest absolute Gasteiger partial charge is 0.0447 e. The van der Waals surface area contributed by atoms with Gasteiger partial charge < -0.3 is 10.2 Å². The highest BCUT2D eigenvalue weighted by Crippen LogP contribution is 2.29. The molecule has 0 saturated carbocycles. The average molecular weight is 247 g/mol. The minimum atomic E-state index is 0.806. The van der Waals surface area contributed by atoms with Crippen LogP contribution in [0.5, 0.6) is 0 Å². The molecule has 3 heteroatoms. The summed E-state index contributed by atoms with van der Waals surface area (Å²) in [4.78, 5) is 2.43. The first kappa shape index (κ1) is 10.9. The molecule has 1 aliphatic heterocycles. The van der Waals surface area contributed by atoms with Crippen molar-refractivity contribution in [3.05, 3.63) is 41.4 Å². The molecule has 1 aliphatic rings. The van der Waals surface area contributed by atoms with Crippen LogP contribution in [0.15, 0.2) is 36.4 Å². The van der Waals surface area contributed by atoms with Crippen molar-refractivity contribution < 1.29 is 0 Å². The molecule has 2 aromatic carbocycles. The summed E-state index contributed by atoms with van der Waals surface area (Å²) < 4.78 is 0. The summed E-state index contributed by atoms with van der Waals surface area (Å²) in [7, 11) is 0. The van der Waals surface area contributed by atoms with Gasteiger partial charge in [-0.15, -0.1) is 0 Å². The molecule has 2 aromatic rings. The second-order valence-corrected chi connectivity index (χ2v) is 4.82. The van der Waals surface area contributed by atoms with Crippen LogP contribution in [-0.4, -0.2) is 26.2 Å². The molecule has 1 N–H and O–H groups in total. The number of rotatable bonds is 1. The summed E-state index contributed by atoms with van der Waals surface area (Å²) in [6.07, 6.45) is 0. The maximum atomic E-state index is 6.10. The summed E-state index contributed by atoms with van der Waals surface area (Å²) in [5.74, 6) is 0. The number of nitrogens with one attached hydrogen (secondary N) is 1. The van der Waals surface area contributed by atoms with E-state index in [1.807, 2.05) is 6.07 Å². The lowest BCUT2D eigenvalue weighted by atomic mass is 10.1. The zero-order chi connectivity index (χ0) is 11.7. The third-order valence-electron chi connectivity index (χ3n) is 3.28. The van der Waals surface area contributed by atoms with Gasteiger partial charge in [-0.25, -0.2) is 0 Å². The Morgan fingerprint density at radius 3 is 2.71 bits per heavy atom. The van der Waals surface area contributed by atoms with Gasteiger partial charge in [0.2, 0.25) is 0 Å². The van der Waals surface area contributed by atoms with Crippen LogP contribution in [-0.2, 0) is 0 Å². The Morgan fingerprint density at radius 2 is 1.88 bits per heavy atom. The number of piperazine rings is 1. The predicted octanol–water partition coefficient (Wildman–Crippen LogP) is 2.90. The minimum absolute atomic E-state index is 0.806. The number of hydrogen-bond acceptors (Lipinski definition) is 2. The van der Waals surface area contributed by atoms with Gasteiger partial charge in [0.05, 0.1) is 0 Å². The van der Waals surface area contributed by atoms with Crippen molar-refractivity contribution in [1.82, 2.24) is 5.32 Å². The van der Waals surface area contributed by atoms with Crippen molar-refractivity contribution in [2.24, 2.45) is 0 Å². The second-order valence-electron chi connectivity index (χ2n) is 4.38. The quantitative estimate of drug-likeness (QED) is 0.833. The second kappa shape index (κ2) is 4.55. The Hall–Kier alpha value is -1.25. The lowest BCUT2D eigenvalue weighted by molar-refractivity contribution is 0.590. The van der Waals surface area contributed by atoms with E-state index in [0.717, 1.165) is 31.2 Å². The highest BCUT2D eigenvalue weighted by molar-refractivity contribution is 6.31. The molecule has 0 spiro atoms. The first-order valence-electron chi connectivity index (χ1n) is 5.98. The van der Waals surface area contributed by atoms with Gasteiger partial charge in [0, 0.05) is 42.3 Å². The Labute approximate surface area is 106 Å². The third kappa shape index (κ3) is 2.11. The van der Waals surface area contributed by atoms with Gasteiger partial charge in [-0.2, -0.15) is 0 Å². The zero-order valence-electron chi connectivity index (χ0n) is 9.62. The number of hydrogen-bond donors (Lipinski definition) is 1. The molecule has 17 heavy (non-hydrogen) atoms. The minimum Gasteiger partial charge on any atom is -0.368 e. The molecule has 0 bridgehead atoms. The van der Waals surface area contributed by atoms with Gasteiger partial charge in [0.25, 0.3) is 0 Å². The largest absolute Gasteiger partial charge is 0.368 e. The lowest BCUT2D eigenvalue weighted by Crippen LogP contribution is -2.43. The Balaban J connectivity index is 2.11. The molecular formula is C14H15ClN2. The van der Waals surface area contributed by atoms with E-state index in [-0.39, 0.29) is 0 Å². The van der Waals surface area contributed by atoms with Crippen LogP contribution in [0.3, 0.4) is 0 Å². The summed E-state index contributed by atoms with van der Waals surface area (Å²) in [5.41, 5.74) is 1.30. The van der Waals surface area contributed by atoms with Gasteiger partial charge in [0.15, 0.2) is 0 Å². The van der Waals surface area contributed by atoms with Crippen LogP contribution in [0, 0.1) is 0 Å². The van der Waals surface area contributed by atoms with Crippen LogP contribution in [0.25, 0.3) is 10.8 Å². The van der Waals surface area contributed by atoms with Gasteiger partial charge in [-0.05, 0) is 23.6 Å². The molecule has 0 unspecified atom stereocenters. The van der Waals surface area contributed by atoms with Gasteiger partial charge in [-0.3, -0.25) is 0 Å². The number of halogens is 1. The first-order valence-corrected chi connectivity index (χ1v) is 6.36. The van der Waals surface area contributed by atoms with E-state index in [2.05, 4.69) is 40.5 Å². The molecule has 1 saturated heterocycles. The van der Waals surface area contributed by atoms with Gasteiger partial charge in [0.1, 0.15) is 0 Å². The number of fused-ring (bicyclic) bond motifs is 1. The highest BCUT2D eigenvalue weighted by Gasteiger charge is 2.12. The van der Waals surface area contributed by atoms with Crippen LogP contribution in [0.1, 0.15) is 0 Å². The molecule has 3 rings (SSSR count). The Morgan fingerprint density at radius 1 is 1.06 bits per heavy atom. The number of benzene rings is 2. The van der Waals surface area contributed by atoms with Crippen LogP contribution >= 0.6 is 11.6 Å². The fourth-order valence-corrected chi connectivity index (χ4v) is 2.58. The van der Waals surface area contributed by atoms with E-state index >= 15 is 0 Å². The molecule has 2 nitrogen and oxygen atoms in total. The molecule has 88 valence electrons. The van der Waals surface area contributed by atoms with Crippen molar-refractivity contribution >= 4 is 28.1 Å². The van der Waals surface area contributed by atoms with Crippen LogP contribution < -0.4 is 10.2 Å². The topological polar surface area (TPSA) is 15.3 Å². The standard InChI is InChI=1S/C14H15ClN2/c15-12-5-4-11-2-1-3-14(13(11)10-12)17-8-6-16-7-9-17/h1-5,10,16H,6-9H2. The van der Waals surface area contributed by atoms with Crippen molar-refractivity contribution in [2.75, 3.05) is 31.1 Å². The van der Waals surface area contributed by atoms with E-state index in [1.54, 1.807) is 0 Å². The highest BCUT2D eigenvalue weighted by atomic mass is 35.5. The first-order chi connectivity index (χ1) is 8.34. The molecular weight excluding hydrogens is 232 g/mol. The molecule has 0 amide bonds. The Kier molecular flexibility index (Phi) is 2.91. The fraction of sp³-hybridized carbons (Fsp3) is 0.286. The molecule has 1 fully saturated rings. The predicted molar refractivity (Wildman–Crippen MR) is 74.0 cm³/mol. The van der Waals surface area contributed by atoms with Gasteiger partial charge >= 0.3 is 0 Å². The van der Waals surface area contributed by atoms with Crippen LogP contribution in [0.2, 0.25) is 5.02 Å². The fourth-order valence-electron chi connectivity index (χ4n) is 2.41. The van der Waals surface area contributed by atoms with Crippen molar-refractivity contribution in [3.8, 4) is 0 Å². The van der Waals surface area contributed by atoms with E-state index < -0.39 is 0 Å². The van der Waals surface area contributed by atoms with E-state index in [1.165, 1.54) is 16.5 Å². The molecule has 0 aliphatic carbocycles. The van der Waals surface area contributed by atoms with Crippen molar-refractivity contribution in [2.45, 2.75) is 0 Å². The number of anilines is 1. The summed E-state index contributed by atoms with van der Waals surface area (Å²) in [6, 6.07) is 12.5. The molecule has 0 aromatic heterocycles. The summed E-state index contributed by atoms with van der Waals surface area (Å²) in [5, 5.41) is 6.69. The SMILES string of the molecule is Clc1ccc2cccc(N3CCNCC3)c2c1. The maximum Gasteiger partial charge on any atom is 0.0447 e. The summed E-state index contributed by atoms with van der Waals surface area (Å²) >= 11 is 6.10. The normalized spacial score (nSPS) is 16.4. The van der Waals surface area contributed by atoms with Gasteiger partial charge in [-0.1, -0.05) is 29.8 Å². The third-order valence-corrected chi connectivity index (χ3v) is 3.51. The summed E-state index contributed by atoms with van der Waals surface area (Å²) in [6.45, 7) is 4.23. The van der Waals surface area contributed by atoms with E-state index in [0.29, 0.717) is 0 Å². The van der Waals surface area contributed by atoms with Crippen LogP contribution in [0.4, 0.5) is 5.69 Å². The van der Waals surface area contributed by atoms with Crippen molar-refractivity contribution in [1.29, 1.82) is 0 Å². The maximum absolute atomic E-state index is 6.10. The van der Waals surface area contributed by atoms with E-state index in [4.69, 9.17) is 11.6 Å². The monoisotopic (exact) mass is 246 g/mol. The van der Waals surface area contributed by atoms with E-state index in [9.17, 15) is 0 Å². The number of nitrogens with zero attached hydrogens (tertiary/aromatic N) is 1. The molecule has 0 atom stereocenters. The zero-order valence-corrected chi connectivity index (χ0v) is 10.4. The van der Waals surface area contributed by atoms with Crippen molar-refractivity contribution in [3.63, 3.8) is 0 Å². The molecule has 0 radical (unpaired) electrons. The lowest BCUT2D eigenvalue weighted by Gasteiger charge is -2.30. The molecule has 1 heterocycles. The average Bonchev–Trinajstić information content (AvgIpc) is 2.39. The Bertz CT molecular complexity index is 533.